The lowest BCUT2D eigenvalue weighted by atomic mass is 9.81. The Hall–Kier alpha value is -1.69. The van der Waals surface area contributed by atoms with E-state index in [1.54, 1.807) is 0 Å². The van der Waals surface area contributed by atoms with Crippen LogP contribution in [-0.4, -0.2) is 24.6 Å². The smallest absolute Gasteiger partial charge is 0.274 e. The van der Waals surface area contributed by atoms with Crippen molar-refractivity contribution >= 4 is 11.4 Å². The van der Waals surface area contributed by atoms with Gasteiger partial charge in [0.25, 0.3) is 5.69 Å². The number of benzene rings is 1. The van der Waals surface area contributed by atoms with Gasteiger partial charge in [-0.15, -0.1) is 0 Å². The number of nitro groups is 1. The van der Waals surface area contributed by atoms with Crippen molar-refractivity contribution in [1.82, 2.24) is 5.32 Å². The Labute approximate surface area is 111 Å². The fourth-order valence-corrected chi connectivity index (χ4v) is 2.30. The van der Waals surface area contributed by atoms with Crippen molar-refractivity contribution in [2.45, 2.75) is 19.8 Å². The zero-order valence-corrected chi connectivity index (χ0v) is 10.9. The van der Waals surface area contributed by atoms with E-state index in [-0.39, 0.29) is 11.1 Å². The Balaban J connectivity index is 2.04. The molecule has 1 fully saturated rings. The molecular formula is C13H18FN3O2. The predicted molar refractivity (Wildman–Crippen MR) is 71.8 cm³/mol. The SMILES string of the molecule is CC1(CNc2cc(F)cc([N+](=O)[O-])c2)CCNCC1. The summed E-state index contributed by atoms with van der Waals surface area (Å²) in [5, 5.41) is 17.1. The van der Waals surface area contributed by atoms with E-state index < -0.39 is 10.7 Å². The molecule has 2 rings (SSSR count). The molecule has 0 bridgehead atoms. The van der Waals surface area contributed by atoms with Gasteiger partial charge in [0, 0.05) is 18.3 Å². The molecule has 0 spiro atoms. The number of nitrogens with one attached hydrogen (secondary N) is 2. The van der Waals surface area contributed by atoms with Gasteiger partial charge in [-0.2, -0.15) is 0 Å². The van der Waals surface area contributed by atoms with Gasteiger partial charge >= 0.3 is 0 Å². The van der Waals surface area contributed by atoms with E-state index in [1.165, 1.54) is 12.1 Å². The largest absolute Gasteiger partial charge is 0.384 e. The molecule has 0 saturated carbocycles. The molecule has 6 heteroatoms. The number of nitro benzene ring substituents is 1. The third-order valence-electron chi connectivity index (χ3n) is 3.62. The van der Waals surface area contributed by atoms with Gasteiger partial charge in [0.05, 0.1) is 11.0 Å². The number of halogens is 1. The van der Waals surface area contributed by atoms with Crippen LogP contribution < -0.4 is 10.6 Å². The van der Waals surface area contributed by atoms with Crippen molar-refractivity contribution in [2.24, 2.45) is 5.41 Å². The first-order valence-electron chi connectivity index (χ1n) is 6.38. The number of non-ortho nitro benzene ring substituents is 1. The highest BCUT2D eigenvalue weighted by atomic mass is 19.1. The molecule has 0 amide bonds. The minimum Gasteiger partial charge on any atom is -0.384 e. The molecule has 19 heavy (non-hydrogen) atoms. The van der Waals surface area contributed by atoms with E-state index in [4.69, 9.17) is 0 Å². The van der Waals surface area contributed by atoms with Crippen molar-refractivity contribution < 1.29 is 9.31 Å². The minimum absolute atomic E-state index is 0.145. The predicted octanol–water partition coefficient (Wildman–Crippen LogP) is 2.54. The van der Waals surface area contributed by atoms with Gasteiger partial charge in [0.15, 0.2) is 0 Å². The quantitative estimate of drug-likeness (QED) is 0.650. The van der Waals surface area contributed by atoms with Gasteiger partial charge in [-0.3, -0.25) is 10.1 Å². The fraction of sp³-hybridized carbons (Fsp3) is 0.538. The minimum atomic E-state index is -0.591. The van der Waals surface area contributed by atoms with Crippen LogP contribution in [0.1, 0.15) is 19.8 Å². The zero-order valence-electron chi connectivity index (χ0n) is 10.9. The second-order valence-electron chi connectivity index (χ2n) is 5.37. The molecule has 0 aromatic heterocycles. The standard InChI is InChI=1S/C13H18FN3O2/c1-13(2-4-15-5-3-13)9-16-11-6-10(14)7-12(8-11)17(18)19/h6-8,15-16H,2-5,9H2,1H3. The maximum absolute atomic E-state index is 13.3. The van der Waals surface area contributed by atoms with Crippen LogP contribution >= 0.6 is 0 Å². The number of rotatable bonds is 4. The first-order valence-corrected chi connectivity index (χ1v) is 6.38. The van der Waals surface area contributed by atoms with E-state index in [0.29, 0.717) is 12.2 Å². The molecule has 0 unspecified atom stereocenters. The third kappa shape index (κ3) is 3.64. The molecule has 104 valence electrons. The van der Waals surface area contributed by atoms with Crippen LogP contribution in [0.2, 0.25) is 0 Å². The van der Waals surface area contributed by atoms with E-state index in [1.807, 2.05) is 0 Å². The summed E-state index contributed by atoms with van der Waals surface area (Å²) >= 11 is 0. The summed E-state index contributed by atoms with van der Waals surface area (Å²) in [6, 6.07) is 3.59. The molecule has 1 heterocycles. The maximum atomic E-state index is 13.3. The molecule has 1 aromatic rings. The summed E-state index contributed by atoms with van der Waals surface area (Å²) in [4.78, 5) is 10.1. The lowest BCUT2D eigenvalue weighted by molar-refractivity contribution is -0.385. The average Bonchev–Trinajstić information content (AvgIpc) is 2.37. The van der Waals surface area contributed by atoms with E-state index in [0.717, 1.165) is 32.0 Å². The van der Waals surface area contributed by atoms with E-state index in [9.17, 15) is 14.5 Å². The van der Waals surface area contributed by atoms with Gasteiger partial charge in [-0.05, 0) is 37.4 Å². The van der Waals surface area contributed by atoms with Crippen LogP contribution in [0.25, 0.3) is 0 Å². The molecule has 0 radical (unpaired) electrons. The molecule has 1 aliphatic heterocycles. The Morgan fingerprint density at radius 1 is 1.42 bits per heavy atom. The Bertz CT molecular complexity index is 473. The van der Waals surface area contributed by atoms with Crippen molar-refractivity contribution in [3.63, 3.8) is 0 Å². The molecule has 0 atom stereocenters. The number of piperidine rings is 1. The van der Waals surface area contributed by atoms with Crippen molar-refractivity contribution in [1.29, 1.82) is 0 Å². The molecule has 1 aromatic carbocycles. The highest BCUT2D eigenvalue weighted by Gasteiger charge is 2.26. The van der Waals surface area contributed by atoms with Gasteiger partial charge in [0.1, 0.15) is 5.82 Å². The van der Waals surface area contributed by atoms with Gasteiger partial charge in [0.2, 0.25) is 0 Å². The van der Waals surface area contributed by atoms with E-state index in [2.05, 4.69) is 17.6 Å². The highest BCUT2D eigenvalue weighted by Crippen LogP contribution is 2.29. The fourth-order valence-electron chi connectivity index (χ4n) is 2.30. The van der Waals surface area contributed by atoms with Crippen molar-refractivity contribution in [3.8, 4) is 0 Å². The number of anilines is 1. The van der Waals surface area contributed by atoms with Crippen LogP contribution in [0.15, 0.2) is 18.2 Å². The monoisotopic (exact) mass is 267 g/mol. The number of nitrogens with zero attached hydrogens (tertiary/aromatic N) is 1. The Morgan fingerprint density at radius 3 is 2.74 bits per heavy atom. The van der Waals surface area contributed by atoms with Crippen LogP contribution in [-0.2, 0) is 0 Å². The average molecular weight is 267 g/mol. The van der Waals surface area contributed by atoms with Crippen LogP contribution in [0.3, 0.4) is 0 Å². The summed E-state index contributed by atoms with van der Waals surface area (Å²) in [7, 11) is 0. The molecule has 2 N–H and O–H groups in total. The van der Waals surface area contributed by atoms with E-state index >= 15 is 0 Å². The molecular weight excluding hydrogens is 249 g/mol. The second-order valence-corrected chi connectivity index (χ2v) is 5.37. The molecule has 1 saturated heterocycles. The summed E-state index contributed by atoms with van der Waals surface area (Å²) in [5.74, 6) is -0.591. The normalized spacial score (nSPS) is 18.0. The summed E-state index contributed by atoms with van der Waals surface area (Å²) in [6.07, 6.45) is 2.08. The first kappa shape index (κ1) is 13.7. The van der Waals surface area contributed by atoms with Crippen LogP contribution in [0, 0.1) is 21.3 Å². The topological polar surface area (TPSA) is 67.2 Å². The van der Waals surface area contributed by atoms with Gasteiger partial charge < -0.3 is 10.6 Å². The summed E-state index contributed by atoms with van der Waals surface area (Å²) < 4.78 is 13.3. The molecule has 5 nitrogen and oxygen atoms in total. The van der Waals surface area contributed by atoms with Crippen LogP contribution in [0.4, 0.5) is 15.8 Å². The zero-order chi connectivity index (χ0) is 13.9. The first-order chi connectivity index (χ1) is 8.98. The van der Waals surface area contributed by atoms with Crippen molar-refractivity contribution in [3.05, 3.63) is 34.1 Å². The van der Waals surface area contributed by atoms with Crippen molar-refractivity contribution in [2.75, 3.05) is 25.0 Å². The second kappa shape index (κ2) is 5.52. The number of hydrogen-bond acceptors (Lipinski definition) is 4. The molecule has 0 aliphatic carbocycles. The van der Waals surface area contributed by atoms with Gasteiger partial charge in [-0.1, -0.05) is 6.92 Å². The summed E-state index contributed by atoms with van der Waals surface area (Å²) in [5.41, 5.74) is 0.385. The van der Waals surface area contributed by atoms with Gasteiger partial charge in [-0.25, -0.2) is 4.39 Å². The Kier molecular flexibility index (Phi) is 3.99. The molecule has 1 aliphatic rings. The Morgan fingerprint density at radius 2 is 2.11 bits per heavy atom. The summed E-state index contributed by atoms with van der Waals surface area (Å²) in [6.45, 7) is 4.81. The lowest BCUT2D eigenvalue weighted by Crippen LogP contribution is -2.39. The maximum Gasteiger partial charge on any atom is 0.274 e. The third-order valence-corrected chi connectivity index (χ3v) is 3.62. The number of hydrogen-bond donors (Lipinski definition) is 2. The highest BCUT2D eigenvalue weighted by molar-refractivity contribution is 5.51. The lowest BCUT2D eigenvalue weighted by Gasteiger charge is -2.34. The van der Waals surface area contributed by atoms with Crippen LogP contribution in [0.5, 0.6) is 0 Å².